The average Bonchev–Trinajstić information content (AvgIpc) is 2.96. The lowest BCUT2D eigenvalue weighted by Gasteiger charge is -2.07. The summed E-state index contributed by atoms with van der Waals surface area (Å²) in [4.78, 5) is 11.0. The Labute approximate surface area is 140 Å². The fourth-order valence-corrected chi connectivity index (χ4v) is 2.08. The molecule has 1 aromatic carbocycles. The molecule has 0 aliphatic heterocycles. The zero-order chi connectivity index (χ0) is 18.0. The molecule has 1 amide bonds. The van der Waals surface area contributed by atoms with Crippen molar-refractivity contribution in [3.8, 4) is 17.1 Å². The predicted octanol–water partition coefficient (Wildman–Crippen LogP) is 1.23. The molecule has 128 valence electrons. The molecule has 10 heteroatoms. The number of primary amides is 1. The summed E-state index contributed by atoms with van der Waals surface area (Å²) < 4.78 is 33.5. The van der Waals surface area contributed by atoms with E-state index in [1.165, 1.54) is 22.9 Å². The topological polar surface area (TPSA) is 109 Å². The van der Waals surface area contributed by atoms with Crippen molar-refractivity contribution >= 4 is 5.91 Å². The molecule has 0 aliphatic rings. The first-order chi connectivity index (χ1) is 12.0. The van der Waals surface area contributed by atoms with Gasteiger partial charge in [-0.1, -0.05) is 5.21 Å². The zero-order valence-electron chi connectivity index (χ0n) is 13.0. The maximum atomic E-state index is 13.4. The highest BCUT2D eigenvalue weighted by Crippen LogP contribution is 2.23. The van der Waals surface area contributed by atoms with E-state index in [0.29, 0.717) is 17.0 Å². The van der Waals surface area contributed by atoms with Crippen molar-refractivity contribution in [3.63, 3.8) is 0 Å². The number of carbonyl (C=O) groups is 1. The van der Waals surface area contributed by atoms with Crippen molar-refractivity contribution in [2.24, 2.45) is 12.8 Å². The van der Waals surface area contributed by atoms with E-state index >= 15 is 0 Å². The van der Waals surface area contributed by atoms with Crippen LogP contribution >= 0.6 is 0 Å². The number of nitrogens with zero attached hydrogens (tertiary/aromatic N) is 5. The molecular formula is C15H12F2N6O2. The number of amides is 1. The van der Waals surface area contributed by atoms with Gasteiger partial charge in [-0.3, -0.25) is 4.79 Å². The zero-order valence-corrected chi connectivity index (χ0v) is 13.0. The number of hydrogen-bond donors (Lipinski definition) is 1. The lowest BCUT2D eigenvalue weighted by atomic mass is 10.1. The van der Waals surface area contributed by atoms with Crippen LogP contribution in [0.3, 0.4) is 0 Å². The number of hydrogen-bond acceptors (Lipinski definition) is 6. The Kier molecular flexibility index (Phi) is 4.33. The molecule has 3 rings (SSSR count). The van der Waals surface area contributed by atoms with E-state index in [9.17, 15) is 13.6 Å². The Hall–Kier alpha value is -3.43. The molecule has 0 radical (unpaired) electrons. The van der Waals surface area contributed by atoms with Crippen LogP contribution < -0.4 is 10.5 Å². The molecule has 0 aliphatic carbocycles. The molecular weight excluding hydrogens is 334 g/mol. The molecule has 0 fully saturated rings. The van der Waals surface area contributed by atoms with Crippen LogP contribution in [0.15, 0.2) is 30.3 Å². The molecule has 0 bridgehead atoms. The maximum absolute atomic E-state index is 13.4. The van der Waals surface area contributed by atoms with Crippen molar-refractivity contribution in [1.82, 2.24) is 25.2 Å². The van der Waals surface area contributed by atoms with Crippen LogP contribution in [0.2, 0.25) is 0 Å². The average molecular weight is 346 g/mol. The van der Waals surface area contributed by atoms with Crippen LogP contribution in [0.25, 0.3) is 11.3 Å². The Balaban J connectivity index is 1.82. The van der Waals surface area contributed by atoms with Gasteiger partial charge in [0, 0.05) is 18.7 Å². The third-order valence-corrected chi connectivity index (χ3v) is 3.39. The standard InChI is InChI=1S/C15H12F2N6O2/c1-23-12(7-25-13-5-4-11(15(18)24)19-20-13)14(21-22-23)8-2-3-9(16)10(17)6-8/h2-6H,7H2,1H3,(H2,18,24). The van der Waals surface area contributed by atoms with Gasteiger partial charge in [0.1, 0.15) is 18.0 Å². The van der Waals surface area contributed by atoms with Crippen LogP contribution in [-0.4, -0.2) is 31.1 Å². The second-order valence-corrected chi connectivity index (χ2v) is 5.05. The summed E-state index contributed by atoms with van der Waals surface area (Å²) in [6, 6.07) is 6.26. The first-order valence-corrected chi connectivity index (χ1v) is 7.06. The molecule has 0 saturated carbocycles. The molecule has 3 aromatic rings. The van der Waals surface area contributed by atoms with E-state index < -0.39 is 17.5 Å². The summed E-state index contributed by atoms with van der Waals surface area (Å²) in [6.45, 7) is 0.00241. The van der Waals surface area contributed by atoms with Crippen molar-refractivity contribution in [2.75, 3.05) is 0 Å². The highest BCUT2D eigenvalue weighted by Gasteiger charge is 2.16. The number of rotatable bonds is 5. The summed E-state index contributed by atoms with van der Waals surface area (Å²) in [5, 5.41) is 15.2. The van der Waals surface area contributed by atoms with Gasteiger partial charge in [0.05, 0.1) is 0 Å². The van der Waals surface area contributed by atoms with Gasteiger partial charge in [0.15, 0.2) is 17.3 Å². The second kappa shape index (κ2) is 6.59. The fraction of sp³-hybridized carbons (Fsp3) is 0.133. The largest absolute Gasteiger partial charge is 0.470 e. The van der Waals surface area contributed by atoms with Crippen LogP contribution in [0.1, 0.15) is 16.2 Å². The summed E-state index contributed by atoms with van der Waals surface area (Å²) in [5.41, 5.74) is 6.33. The van der Waals surface area contributed by atoms with Gasteiger partial charge in [0.25, 0.3) is 5.91 Å². The minimum Gasteiger partial charge on any atom is -0.470 e. The first-order valence-electron chi connectivity index (χ1n) is 7.06. The molecule has 25 heavy (non-hydrogen) atoms. The van der Waals surface area contributed by atoms with Gasteiger partial charge in [-0.05, 0) is 24.3 Å². The molecule has 2 aromatic heterocycles. The Morgan fingerprint density at radius 3 is 2.60 bits per heavy atom. The minimum absolute atomic E-state index is 0.00241. The summed E-state index contributed by atoms with van der Waals surface area (Å²) >= 11 is 0. The Morgan fingerprint density at radius 1 is 1.16 bits per heavy atom. The highest BCUT2D eigenvalue weighted by atomic mass is 19.2. The summed E-state index contributed by atoms with van der Waals surface area (Å²) in [5.74, 6) is -2.48. The van der Waals surface area contributed by atoms with E-state index in [1.807, 2.05) is 0 Å². The van der Waals surface area contributed by atoms with Crippen LogP contribution in [0, 0.1) is 11.6 Å². The number of aromatic nitrogens is 5. The number of halogens is 2. The lowest BCUT2D eigenvalue weighted by molar-refractivity contribution is 0.0994. The molecule has 0 saturated heterocycles. The summed E-state index contributed by atoms with van der Waals surface area (Å²) in [6.07, 6.45) is 0. The van der Waals surface area contributed by atoms with Crippen molar-refractivity contribution in [3.05, 3.63) is 53.4 Å². The number of aryl methyl sites for hydroxylation is 1. The van der Waals surface area contributed by atoms with Gasteiger partial charge < -0.3 is 10.5 Å². The Morgan fingerprint density at radius 2 is 1.96 bits per heavy atom. The molecule has 0 atom stereocenters. The number of carbonyl (C=O) groups excluding carboxylic acids is 1. The van der Waals surface area contributed by atoms with Gasteiger partial charge >= 0.3 is 0 Å². The fourth-order valence-electron chi connectivity index (χ4n) is 2.08. The predicted molar refractivity (Wildman–Crippen MR) is 81.2 cm³/mol. The summed E-state index contributed by atoms with van der Waals surface area (Å²) in [7, 11) is 1.64. The first kappa shape index (κ1) is 16.4. The molecule has 0 unspecified atom stereocenters. The monoisotopic (exact) mass is 346 g/mol. The van der Waals surface area contributed by atoms with Gasteiger partial charge in [-0.2, -0.15) is 0 Å². The molecule has 8 nitrogen and oxygen atoms in total. The van der Waals surface area contributed by atoms with E-state index in [4.69, 9.17) is 10.5 Å². The van der Waals surface area contributed by atoms with Gasteiger partial charge in [-0.15, -0.1) is 15.3 Å². The van der Waals surface area contributed by atoms with Crippen LogP contribution in [0.4, 0.5) is 8.78 Å². The third kappa shape index (κ3) is 3.42. The Bertz CT molecular complexity index is 926. The highest BCUT2D eigenvalue weighted by molar-refractivity contribution is 5.90. The lowest BCUT2D eigenvalue weighted by Crippen LogP contribution is -2.14. The van der Waals surface area contributed by atoms with Crippen molar-refractivity contribution in [2.45, 2.75) is 6.61 Å². The maximum Gasteiger partial charge on any atom is 0.269 e. The second-order valence-electron chi connectivity index (χ2n) is 5.05. The van der Waals surface area contributed by atoms with Crippen LogP contribution in [-0.2, 0) is 13.7 Å². The number of nitrogens with two attached hydrogens (primary N) is 1. The van der Waals surface area contributed by atoms with Crippen molar-refractivity contribution < 1.29 is 18.3 Å². The number of benzene rings is 1. The van der Waals surface area contributed by atoms with E-state index in [-0.39, 0.29) is 18.2 Å². The van der Waals surface area contributed by atoms with Gasteiger partial charge in [0.2, 0.25) is 5.88 Å². The van der Waals surface area contributed by atoms with Gasteiger partial charge in [-0.25, -0.2) is 13.5 Å². The molecule has 0 spiro atoms. The smallest absolute Gasteiger partial charge is 0.269 e. The third-order valence-electron chi connectivity index (χ3n) is 3.39. The number of ether oxygens (including phenoxy) is 1. The molecule has 2 N–H and O–H groups in total. The minimum atomic E-state index is -0.983. The SMILES string of the molecule is Cn1nnc(-c2ccc(F)c(F)c2)c1COc1ccc(C(N)=O)nn1. The quantitative estimate of drug-likeness (QED) is 0.744. The van der Waals surface area contributed by atoms with E-state index in [0.717, 1.165) is 12.1 Å². The van der Waals surface area contributed by atoms with E-state index in [2.05, 4.69) is 20.5 Å². The van der Waals surface area contributed by atoms with E-state index in [1.54, 1.807) is 7.05 Å². The van der Waals surface area contributed by atoms with Crippen molar-refractivity contribution in [1.29, 1.82) is 0 Å². The normalized spacial score (nSPS) is 10.7. The molecule has 2 heterocycles. The van der Waals surface area contributed by atoms with Crippen LogP contribution in [0.5, 0.6) is 5.88 Å².